The fourth-order valence-corrected chi connectivity index (χ4v) is 2.39. The molecule has 0 aliphatic carbocycles. The molecule has 3 heteroatoms. The van der Waals surface area contributed by atoms with Crippen molar-refractivity contribution in [2.45, 2.75) is 32.4 Å². The lowest BCUT2D eigenvalue weighted by Crippen LogP contribution is -2.40. The lowest BCUT2D eigenvalue weighted by atomic mass is 10.0. The van der Waals surface area contributed by atoms with E-state index < -0.39 is 0 Å². The standard InChI is InChI=1S/C14H21FN2/c1-11-7-12(9-13(15)8-11)10-16-14-3-5-17(2)6-4-14/h7-9,14,16H,3-6,10H2,1-2H3. The molecule has 1 aromatic carbocycles. The van der Waals surface area contributed by atoms with E-state index in [4.69, 9.17) is 0 Å². The van der Waals surface area contributed by atoms with Gasteiger partial charge in [0.1, 0.15) is 5.82 Å². The molecule has 2 nitrogen and oxygen atoms in total. The maximum atomic E-state index is 13.2. The molecule has 2 rings (SSSR count). The Bertz CT molecular complexity index is 350. The first-order valence-corrected chi connectivity index (χ1v) is 6.31. The molecule has 0 saturated carbocycles. The van der Waals surface area contributed by atoms with Gasteiger partial charge in [0, 0.05) is 12.6 Å². The van der Waals surface area contributed by atoms with Crippen molar-refractivity contribution in [3.05, 3.63) is 35.1 Å². The smallest absolute Gasteiger partial charge is 0.123 e. The summed E-state index contributed by atoms with van der Waals surface area (Å²) in [5.41, 5.74) is 2.03. The zero-order valence-electron chi connectivity index (χ0n) is 10.7. The van der Waals surface area contributed by atoms with Gasteiger partial charge in [0.15, 0.2) is 0 Å². The van der Waals surface area contributed by atoms with Gasteiger partial charge >= 0.3 is 0 Å². The predicted octanol–water partition coefficient (Wildman–Crippen LogP) is 2.32. The Hall–Kier alpha value is -0.930. The third kappa shape index (κ3) is 3.79. The van der Waals surface area contributed by atoms with Gasteiger partial charge in [-0.05, 0) is 63.2 Å². The summed E-state index contributed by atoms with van der Waals surface area (Å²) < 4.78 is 13.2. The third-order valence-corrected chi connectivity index (χ3v) is 3.42. The summed E-state index contributed by atoms with van der Waals surface area (Å²) in [6, 6.07) is 5.81. The molecule has 0 aromatic heterocycles. The summed E-state index contributed by atoms with van der Waals surface area (Å²) in [6.07, 6.45) is 2.37. The molecule has 0 radical (unpaired) electrons. The molecule has 0 atom stereocenters. The minimum absolute atomic E-state index is 0.134. The van der Waals surface area contributed by atoms with E-state index >= 15 is 0 Å². The van der Waals surface area contributed by atoms with E-state index in [1.165, 1.54) is 12.8 Å². The Labute approximate surface area is 103 Å². The van der Waals surface area contributed by atoms with E-state index in [2.05, 4.69) is 17.3 Å². The number of nitrogens with zero attached hydrogens (tertiary/aromatic N) is 1. The number of nitrogens with one attached hydrogen (secondary N) is 1. The van der Waals surface area contributed by atoms with Gasteiger partial charge < -0.3 is 10.2 Å². The van der Waals surface area contributed by atoms with Crippen molar-refractivity contribution in [3.8, 4) is 0 Å². The second-order valence-corrected chi connectivity index (χ2v) is 5.10. The van der Waals surface area contributed by atoms with Crippen molar-refractivity contribution in [1.82, 2.24) is 10.2 Å². The molecule has 1 aromatic rings. The van der Waals surface area contributed by atoms with Gasteiger partial charge in [0.05, 0.1) is 0 Å². The fourth-order valence-electron chi connectivity index (χ4n) is 2.39. The molecule has 0 spiro atoms. The molecule has 0 amide bonds. The van der Waals surface area contributed by atoms with Gasteiger partial charge in [0.2, 0.25) is 0 Å². The molecule has 1 fully saturated rings. The summed E-state index contributed by atoms with van der Waals surface area (Å²) in [6.45, 7) is 5.01. The number of likely N-dealkylation sites (tertiary alicyclic amines) is 1. The first-order chi connectivity index (χ1) is 8.13. The topological polar surface area (TPSA) is 15.3 Å². The summed E-state index contributed by atoms with van der Waals surface area (Å²) in [7, 11) is 2.16. The molecule has 1 N–H and O–H groups in total. The monoisotopic (exact) mass is 236 g/mol. The summed E-state index contributed by atoms with van der Waals surface area (Å²) >= 11 is 0. The van der Waals surface area contributed by atoms with Gasteiger partial charge in [0.25, 0.3) is 0 Å². The van der Waals surface area contributed by atoms with E-state index in [9.17, 15) is 4.39 Å². The molecule has 0 unspecified atom stereocenters. The second-order valence-electron chi connectivity index (χ2n) is 5.10. The van der Waals surface area contributed by atoms with Crippen molar-refractivity contribution in [3.63, 3.8) is 0 Å². The Balaban J connectivity index is 1.85. The van der Waals surface area contributed by atoms with Gasteiger partial charge in [-0.15, -0.1) is 0 Å². The van der Waals surface area contributed by atoms with Crippen LogP contribution in [0.3, 0.4) is 0 Å². The molecule has 1 aliphatic rings. The number of rotatable bonds is 3. The Morgan fingerprint density at radius 1 is 1.29 bits per heavy atom. The Morgan fingerprint density at radius 3 is 2.65 bits per heavy atom. The van der Waals surface area contributed by atoms with Gasteiger partial charge in [-0.25, -0.2) is 4.39 Å². The Morgan fingerprint density at radius 2 is 2.00 bits per heavy atom. The number of piperidine rings is 1. The van der Waals surface area contributed by atoms with Crippen LogP contribution in [0.15, 0.2) is 18.2 Å². The van der Waals surface area contributed by atoms with E-state index in [-0.39, 0.29) is 5.82 Å². The summed E-state index contributed by atoms with van der Waals surface area (Å²) in [5, 5.41) is 3.52. The zero-order valence-corrected chi connectivity index (χ0v) is 10.7. The molecular weight excluding hydrogens is 215 g/mol. The van der Waals surface area contributed by atoms with E-state index in [1.54, 1.807) is 12.1 Å². The highest BCUT2D eigenvalue weighted by Crippen LogP contribution is 2.11. The minimum Gasteiger partial charge on any atom is -0.310 e. The lowest BCUT2D eigenvalue weighted by molar-refractivity contribution is 0.234. The van der Waals surface area contributed by atoms with Gasteiger partial charge in [-0.3, -0.25) is 0 Å². The lowest BCUT2D eigenvalue weighted by Gasteiger charge is -2.29. The van der Waals surface area contributed by atoms with Crippen LogP contribution >= 0.6 is 0 Å². The van der Waals surface area contributed by atoms with Crippen molar-refractivity contribution >= 4 is 0 Å². The first-order valence-electron chi connectivity index (χ1n) is 6.31. The SMILES string of the molecule is Cc1cc(F)cc(CNC2CCN(C)CC2)c1. The average molecular weight is 236 g/mol. The quantitative estimate of drug-likeness (QED) is 0.866. The predicted molar refractivity (Wildman–Crippen MR) is 68.5 cm³/mol. The van der Waals surface area contributed by atoms with E-state index in [0.717, 1.165) is 30.8 Å². The molecular formula is C14H21FN2. The van der Waals surface area contributed by atoms with Crippen LogP contribution < -0.4 is 5.32 Å². The fraction of sp³-hybridized carbons (Fsp3) is 0.571. The van der Waals surface area contributed by atoms with Gasteiger partial charge in [-0.2, -0.15) is 0 Å². The van der Waals surface area contributed by atoms with Crippen LogP contribution in [0.2, 0.25) is 0 Å². The highest BCUT2D eigenvalue weighted by atomic mass is 19.1. The minimum atomic E-state index is -0.134. The van der Waals surface area contributed by atoms with Crippen LogP contribution in [0, 0.1) is 12.7 Å². The maximum Gasteiger partial charge on any atom is 0.123 e. The van der Waals surface area contributed by atoms with Crippen molar-refractivity contribution in [2.24, 2.45) is 0 Å². The molecule has 1 heterocycles. The maximum absolute atomic E-state index is 13.2. The highest BCUT2D eigenvalue weighted by molar-refractivity contribution is 5.23. The van der Waals surface area contributed by atoms with Crippen LogP contribution in [0.5, 0.6) is 0 Å². The van der Waals surface area contributed by atoms with Crippen molar-refractivity contribution in [1.29, 1.82) is 0 Å². The number of aryl methyl sites for hydroxylation is 1. The molecule has 0 bridgehead atoms. The van der Waals surface area contributed by atoms with Crippen LogP contribution in [0.4, 0.5) is 4.39 Å². The number of benzene rings is 1. The van der Waals surface area contributed by atoms with E-state index in [0.29, 0.717) is 6.04 Å². The Kier molecular flexibility index (Phi) is 4.13. The summed E-state index contributed by atoms with van der Waals surface area (Å²) in [5.74, 6) is -0.134. The van der Waals surface area contributed by atoms with Gasteiger partial charge in [-0.1, -0.05) is 6.07 Å². The zero-order chi connectivity index (χ0) is 12.3. The van der Waals surface area contributed by atoms with Crippen molar-refractivity contribution < 1.29 is 4.39 Å². The van der Waals surface area contributed by atoms with Crippen LogP contribution in [0.25, 0.3) is 0 Å². The first kappa shape index (κ1) is 12.5. The second kappa shape index (κ2) is 5.61. The third-order valence-electron chi connectivity index (χ3n) is 3.42. The van der Waals surface area contributed by atoms with Crippen molar-refractivity contribution in [2.75, 3.05) is 20.1 Å². The molecule has 17 heavy (non-hydrogen) atoms. The number of halogens is 1. The molecule has 94 valence electrons. The normalized spacial score (nSPS) is 18.5. The van der Waals surface area contributed by atoms with Crippen LogP contribution in [0.1, 0.15) is 24.0 Å². The molecule has 1 aliphatic heterocycles. The average Bonchev–Trinajstić information content (AvgIpc) is 2.27. The summed E-state index contributed by atoms with van der Waals surface area (Å²) in [4.78, 5) is 2.35. The van der Waals surface area contributed by atoms with Crippen LogP contribution in [-0.4, -0.2) is 31.1 Å². The highest BCUT2D eigenvalue weighted by Gasteiger charge is 2.15. The van der Waals surface area contributed by atoms with E-state index in [1.807, 2.05) is 13.0 Å². The van der Waals surface area contributed by atoms with Crippen LogP contribution in [-0.2, 0) is 6.54 Å². The number of hydrogen-bond donors (Lipinski definition) is 1. The largest absolute Gasteiger partial charge is 0.310 e. The molecule has 1 saturated heterocycles. The number of hydrogen-bond acceptors (Lipinski definition) is 2.